The van der Waals surface area contributed by atoms with E-state index in [1.807, 2.05) is 24.3 Å². The van der Waals surface area contributed by atoms with Gasteiger partial charge in [0.1, 0.15) is 0 Å². The Hall–Kier alpha value is -1.07. The van der Waals surface area contributed by atoms with Crippen LogP contribution >= 0.6 is 0 Å². The fourth-order valence-corrected chi connectivity index (χ4v) is 3.35. The van der Waals surface area contributed by atoms with Gasteiger partial charge in [-0.2, -0.15) is 0 Å². The Kier molecular flexibility index (Phi) is 3.16. The fourth-order valence-electron chi connectivity index (χ4n) is 2.01. The van der Waals surface area contributed by atoms with Gasteiger partial charge in [-0.05, 0) is 24.5 Å². The van der Waals surface area contributed by atoms with Crippen molar-refractivity contribution >= 4 is 15.7 Å². The number of aliphatic hydroxyl groups is 1. The van der Waals surface area contributed by atoms with Gasteiger partial charge in [-0.3, -0.25) is 4.31 Å². The molecular weight excluding hydrogens is 226 g/mol. The minimum absolute atomic E-state index is 0.207. The highest BCUT2D eigenvalue weighted by Gasteiger charge is 2.26. The molecule has 0 spiro atoms. The third-order valence-electron chi connectivity index (χ3n) is 2.75. The van der Waals surface area contributed by atoms with E-state index >= 15 is 0 Å². The molecule has 0 saturated heterocycles. The van der Waals surface area contributed by atoms with E-state index in [9.17, 15) is 8.42 Å². The lowest BCUT2D eigenvalue weighted by atomic mass is 10.0. The lowest BCUT2D eigenvalue weighted by molar-refractivity contribution is 0.319. The van der Waals surface area contributed by atoms with Crippen molar-refractivity contribution in [3.05, 3.63) is 29.8 Å². The van der Waals surface area contributed by atoms with E-state index in [1.165, 1.54) is 4.31 Å². The van der Waals surface area contributed by atoms with Crippen LogP contribution in [0, 0.1) is 0 Å². The Balaban J connectivity index is 2.39. The van der Waals surface area contributed by atoms with E-state index in [4.69, 9.17) is 5.11 Å². The third-order valence-corrected chi connectivity index (χ3v) is 4.50. The molecule has 1 heterocycles. The summed E-state index contributed by atoms with van der Waals surface area (Å²) in [7, 11) is -3.36. The second kappa shape index (κ2) is 4.43. The van der Waals surface area contributed by atoms with Gasteiger partial charge in [-0.25, -0.2) is 8.42 Å². The number of nitrogens with zero attached hydrogens (tertiary/aromatic N) is 1. The molecule has 1 aromatic carbocycles. The van der Waals surface area contributed by atoms with Crippen molar-refractivity contribution in [3.8, 4) is 0 Å². The van der Waals surface area contributed by atoms with E-state index in [0.717, 1.165) is 24.1 Å². The second-order valence-electron chi connectivity index (χ2n) is 3.84. The van der Waals surface area contributed by atoms with Crippen molar-refractivity contribution in [1.82, 2.24) is 0 Å². The van der Waals surface area contributed by atoms with Crippen LogP contribution in [-0.2, 0) is 16.4 Å². The summed E-state index contributed by atoms with van der Waals surface area (Å²) in [5, 5.41) is 8.77. The van der Waals surface area contributed by atoms with Crippen LogP contribution in [0.15, 0.2) is 24.3 Å². The first-order chi connectivity index (χ1) is 7.65. The molecule has 5 heteroatoms. The average Bonchev–Trinajstić information content (AvgIpc) is 2.28. The van der Waals surface area contributed by atoms with Crippen LogP contribution < -0.4 is 4.31 Å². The monoisotopic (exact) mass is 241 g/mol. The molecule has 2 rings (SSSR count). The number of aliphatic hydroxyl groups excluding tert-OH is 1. The van der Waals surface area contributed by atoms with Crippen molar-refractivity contribution in [3.63, 3.8) is 0 Å². The summed E-state index contributed by atoms with van der Waals surface area (Å²) in [5.74, 6) is -0.207. The van der Waals surface area contributed by atoms with Crippen molar-refractivity contribution in [2.75, 3.05) is 23.2 Å². The first kappa shape index (κ1) is 11.4. The Morgan fingerprint density at radius 1 is 1.31 bits per heavy atom. The largest absolute Gasteiger partial charge is 0.395 e. The minimum Gasteiger partial charge on any atom is -0.395 e. The highest BCUT2D eigenvalue weighted by atomic mass is 32.2. The molecule has 0 bridgehead atoms. The summed E-state index contributed by atoms with van der Waals surface area (Å²) in [6.07, 6.45) is 1.75. The second-order valence-corrected chi connectivity index (χ2v) is 5.86. The molecule has 0 saturated carbocycles. The highest BCUT2D eigenvalue weighted by Crippen LogP contribution is 2.28. The molecule has 0 amide bonds. The van der Waals surface area contributed by atoms with E-state index in [0.29, 0.717) is 6.54 Å². The van der Waals surface area contributed by atoms with E-state index < -0.39 is 10.0 Å². The van der Waals surface area contributed by atoms with Crippen LogP contribution in [0.3, 0.4) is 0 Å². The number of hydrogen-bond acceptors (Lipinski definition) is 3. The molecule has 88 valence electrons. The summed E-state index contributed by atoms with van der Waals surface area (Å²) >= 11 is 0. The van der Waals surface area contributed by atoms with Gasteiger partial charge in [0.25, 0.3) is 0 Å². The number of sulfonamides is 1. The van der Waals surface area contributed by atoms with E-state index in [2.05, 4.69) is 0 Å². The summed E-state index contributed by atoms with van der Waals surface area (Å²) in [6, 6.07) is 7.53. The lowest BCUT2D eigenvalue weighted by Crippen LogP contribution is -2.37. The zero-order valence-electron chi connectivity index (χ0n) is 8.96. The quantitative estimate of drug-likeness (QED) is 0.850. The Morgan fingerprint density at radius 2 is 2.06 bits per heavy atom. The molecule has 1 aliphatic rings. The molecule has 1 N–H and O–H groups in total. The first-order valence-electron chi connectivity index (χ1n) is 5.34. The van der Waals surface area contributed by atoms with Gasteiger partial charge in [0, 0.05) is 6.54 Å². The average molecular weight is 241 g/mol. The Morgan fingerprint density at radius 3 is 2.81 bits per heavy atom. The molecule has 0 aromatic heterocycles. The van der Waals surface area contributed by atoms with Gasteiger partial charge in [0.2, 0.25) is 10.0 Å². The standard InChI is InChI=1S/C11H15NO3S/c13-8-9-16(14,15)12-7-3-5-10-4-1-2-6-11(10)12/h1-2,4,6,13H,3,5,7-9H2. The maximum Gasteiger partial charge on any atom is 0.237 e. The van der Waals surface area contributed by atoms with Crippen LogP contribution in [0.5, 0.6) is 0 Å². The number of para-hydroxylation sites is 1. The molecule has 0 radical (unpaired) electrons. The zero-order valence-corrected chi connectivity index (χ0v) is 9.78. The van der Waals surface area contributed by atoms with Crippen molar-refractivity contribution in [2.45, 2.75) is 12.8 Å². The number of hydrogen-bond donors (Lipinski definition) is 1. The van der Waals surface area contributed by atoms with Crippen LogP contribution in [0.2, 0.25) is 0 Å². The molecule has 4 nitrogen and oxygen atoms in total. The van der Waals surface area contributed by atoms with Crippen LogP contribution in [0.4, 0.5) is 5.69 Å². The topological polar surface area (TPSA) is 57.6 Å². The molecular formula is C11H15NO3S. The predicted octanol–water partition coefficient (Wildman–Crippen LogP) is 0.761. The maximum atomic E-state index is 11.9. The smallest absolute Gasteiger partial charge is 0.237 e. The van der Waals surface area contributed by atoms with E-state index in [1.54, 1.807) is 0 Å². The molecule has 0 unspecified atom stereocenters. The highest BCUT2D eigenvalue weighted by molar-refractivity contribution is 7.92. The minimum atomic E-state index is -3.36. The van der Waals surface area contributed by atoms with Crippen molar-refractivity contribution < 1.29 is 13.5 Å². The zero-order chi connectivity index (χ0) is 11.6. The third kappa shape index (κ3) is 2.05. The lowest BCUT2D eigenvalue weighted by Gasteiger charge is -2.30. The summed E-state index contributed by atoms with van der Waals surface area (Å²) < 4.78 is 25.2. The molecule has 16 heavy (non-hydrogen) atoms. The Labute approximate surface area is 95.6 Å². The number of rotatable bonds is 3. The van der Waals surface area contributed by atoms with Gasteiger partial charge in [0.05, 0.1) is 18.0 Å². The number of anilines is 1. The number of aryl methyl sites for hydroxylation is 1. The fraction of sp³-hybridized carbons (Fsp3) is 0.455. The summed E-state index contributed by atoms with van der Waals surface area (Å²) in [6.45, 7) is 0.181. The van der Waals surface area contributed by atoms with Gasteiger partial charge < -0.3 is 5.11 Å². The normalized spacial score (nSPS) is 15.9. The van der Waals surface area contributed by atoms with Crippen LogP contribution in [-0.4, -0.2) is 32.4 Å². The predicted molar refractivity (Wildman–Crippen MR) is 63.0 cm³/mol. The van der Waals surface area contributed by atoms with Crippen LogP contribution in [0.25, 0.3) is 0 Å². The van der Waals surface area contributed by atoms with Crippen LogP contribution in [0.1, 0.15) is 12.0 Å². The molecule has 1 aliphatic heterocycles. The summed E-state index contributed by atoms with van der Waals surface area (Å²) in [4.78, 5) is 0. The van der Waals surface area contributed by atoms with Crippen molar-refractivity contribution in [2.24, 2.45) is 0 Å². The maximum absolute atomic E-state index is 11.9. The molecule has 0 aliphatic carbocycles. The number of benzene rings is 1. The van der Waals surface area contributed by atoms with Gasteiger partial charge in [-0.1, -0.05) is 18.2 Å². The van der Waals surface area contributed by atoms with Crippen molar-refractivity contribution in [1.29, 1.82) is 0 Å². The van der Waals surface area contributed by atoms with E-state index in [-0.39, 0.29) is 12.4 Å². The molecule has 1 aromatic rings. The number of fused-ring (bicyclic) bond motifs is 1. The Bertz CT molecular complexity index is 470. The molecule has 0 atom stereocenters. The molecule has 0 fully saturated rings. The van der Waals surface area contributed by atoms with Gasteiger partial charge in [-0.15, -0.1) is 0 Å². The van der Waals surface area contributed by atoms with Gasteiger partial charge in [0.15, 0.2) is 0 Å². The summed E-state index contributed by atoms with van der Waals surface area (Å²) in [5.41, 5.74) is 1.83. The van der Waals surface area contributed by atoms with Gasteiger partial charge >= 0.3 is 0 Å². The SMILES string of the molecule is O=S(=O)(CCO)N1CCCc2ccccc21. The first-order valence-corrected chi connectivity index (χ1v) is 6.95.